The summed E-state index contributed by atoms with van der Waals surface area (Å²) in [6, 6.07) is 17.3. The minimum atomic E-state index is -3.58. The van der Waals surface area contributed by atoms with Crippen LogP contribution in [0.5, 0.6) is 0 Å². The first-order valence-corrected chi connectivity index (χ1v) is 29.9. The molecule has 2 N–H and O–H groups in total. The third-order valence-electron chi connectivity index (χ3n) is 11.6. The van der Waals surface area contributed by atoms with Gasteiger partial charge < -0.3 is 24.4 Å². The van der Waals surface area contributed by atoms with Gasteiger partial charge in [0.25, 0.3) is 16.0 Å². The summed E-state index contributed by atoms with van der Waals surface area (Å²) in [4.78, 5) is 34.8. The molecule has 0 spiro atoms. The molecule has 1 aliphatic heterocycles. The monoisotopic (exact) mass is 954 g/mol. The molecule has 0 aliphatic carbocycles. The van der Waals surface area contributed by atoms with Crippen LogP contribution in [0.4, 0.5) is 21.9 Å². The van der Waals surface area contributed by atoms with E-state index in [1.54, 1.807) is 6.07 Å². The number of anilines is 4. The topological polar surface area (TPSA) is 187 Å². The SMILES string of the molecule is CC(C)(C)[Si](C)(C)OCc1ccc(Nc2ncns2)nc1CN1CCN(C(=O)c2ccccc2)CC1.CC(C)(C)[Si](C)(C)OCc1ccc(Nc2ncns2)nc1COS(C)(=O)=O. The third-order valence-corrected chi connectivity index (χ3v) is 22.2. The number of aromatic nitrogens is 6. The Morgan fingerprint density at radius 3 is 1.62 bits per heavy atom. The van der Waals surface area contributed by atoms with Crippen LogP contribution < -0.4 is 10.6 Å². The summed E-state index contributed by atoms with van der Waals surface area (Å²) in [7, 11) is -7.44. The molecular weight excluding hydrogens is 893 g/mol. The highest BCUT2D eigenvalue weighted by Gasteiger charge is 2.38. The van der Waals surface area contributed by atoms with Crippen molar-refractivity contribution in [3.63, 3.8) is 0 Å². The minimum absolute atomic E-state index is 0.0726. The minimum Gasteiger partial charge on any atom is -0.412 e. The Morgan fingerprint density at radius 1 is 0.698 bits per heavy atom. The standard InChI is InChI=1S/C26H36N6O2SSi.C16H26N4O4S2Si/c1-26(2,3)36(4,5)34-18-21-11-12-23(30-25-27-19-28-35-25)29-22(21)17-31-13-15-32(16-14-31)24(33)20-9-7-6-8-10-20;1-16(2,3)27(5,6)24-9-12-7-8-14(20-15-17-11-18-25-15)19-13(12)10-23-26(4,21)22/h6-12,19H,13-18H2,1-5H3,(H,27,28,29,30);7-8,11H,9-10H2,1-6H3,(H,17,18,19,20). The van der Waals surface area contributed by atoms with E-state index >= 15 is 0 Å². The maximum atomic E-state index is 12.8. The maximum absolute atomic E-state index is 12.8. The number of hydrogen-bond acceptors (Lipinski definition) is 17. The molecule has 0 unspecified atom stereocenters. The number of carbonyl (C=O) groups is 1. The number of rotatable bonds is 16. The molecule has 1 fully saturated rings. The molecular formula is C42H62N10O6S3Si2. The highest BCUT2D eigenvalue weighted by Crippen LogP contribution is 2.38. The van der Waals surface area contributed by atoms with Crippen molar-refractivity contribution in [2.75, 3.05) is 43.1 Å². The zero-order valence-corrected chi connectivity index (χ0v) is 42.7. The van der Waals surface area contributed by atoms with Crippen LogP contribution in [0.15, 0.2) is 67.3 Å². The summed E-state index contributed by atoms with van der Waals surface area (Å²) < 4.78 is 48.5. The molecule has 1 amide bonds. The van der Waals surface area contributed by atoms with Gasteiger partial charge in [-0.25, -0.2) is 19.9 Å². The lowest BCUT2D eigenvalue weighted by atomic mass is 10.1. The van der Waals surface area contributed by atoms with E-state index in [0.29, 0.717) is 54.6 Å². The van der Waals surface area contributed by atoms with E-state index in [9.17, 15) is 13.2 Å². The fourth-order valence-electron chi connectivity index (χ4n) is 5.60. The molecule has 6 rings (SSSR count). The zero-order valence-electron chi connectivity index (χ0n) is 38.3. The van der Waals surface area contributed by atoms with Crippen molar-refractivity contribution < 1.29 is 26.2 Å². The number of benzene rings is 1. The molecule has 4 aromatic heterocycles. The first-order chi connectivity index (χ1) is 29.5. The second kappa shape index (κ2) is 21.3. The first kappa shape index (κ1) is 49.9. The summed E-state index contributed by atoms with van der Waals surface area (Å²) in [6.45, 7) is 26.6. The van der Waals surface area contributed by atoms with Crippen molar-refractivity contribution in [1.82, 2.24) is 38.5 Å². The second-order valence-corrected chi connectivity index (χ2v) is 31.2. The molecule has 1 aliphatic rings. The van der Waals surface area contributed by atoms with E-state index in [-0.39, 0.29) is 22.6 Å². The van der Waals surface area contributed by atoms with Gasteiger partial charge in [-0.05, 0) is 66.1 Å². The summed E-state index contributed by atoms with van der Waals surface area (Å²) in [6.07, 6.45) is 4.00. The van der Waals surface area contributed by atoms with Gasteiger partial charge in [0.05, 0.1) is 30.9 Å². The molecule has 16 nitrogen and oxygen atoms in total. The lowest BCUT2D eigenvalue weighted by Crippen LogP contribution is -2.48. The van der Waals surface area contributed by atoms with Gasteiger partial charge in [-0.3, -0.25) is 13.9 Å². The summed E-state index contributed by atoms with van der Waals surface area (Å²) in [5, 5.41) is 7.83. The van der Waals surface area contributed by atoms with Gasteiger partial charge >= 0.3 is 0 Å². The number of carbonyl (C=O) groups excluding carboxylic acids is 1. The van der Waals surface area contributed by atoms with Crippen LogP contribution in [0, 0.1) is 0 Å². The Morgan fingerprint density at radius 2 is 1.17 bits per heavy atom. The number of hydrogen-bond donors (Lipinski definition) is 2. The van der Waals surface area contributed by atoms with Crippen LogP contribution in [0.3, 0.4) is 0 Å². The molecule has 5 heterocycles. The van der Waals surface area contributed by atoms with Crippen LogP contribution in [0.25, 0.3) is 0 Å². The average Bonchev–Trinajstić information content (AvgIpc) is 3.94. The van der Waals surface area contributed by atoms with Crippen molar-refractivity contribution in [1.29, 1.82) is 0 Å². The fourth-order valence-corrected chi connectivity index (χ4v) is 8.70. The van der Waals surface area contributed by atoms with Crippen LogP contribution in [-0.2, 0) is 49.5 Å². The second-order valence-electron chi connectivity index (χ2n) is 18.3. The van der Waals surface area contributed by atoms with E-state index in [2.05, 4.69) is 113 Å². The van der Waals surface area contributed by atoms with Crippen LogP contribution in [0.1, 0.15) is 74.4 Å². The van der Waals surface area contributed by atoms with Crippen molar-refractivity contribution >= 4 is 77.6 Å². The van der Waals surface area contributed by atoms with Gasteiger partial charge in [-0.2, -0.15) is 17.2 Å². The number of amides is 1. The van der Waals surface area contributed by atoms with Gasteiger partial charge in [0.1, 0.15) is 30.9 Å². The molecule has 1 aromatic carbocycles. The molecule has 63 heavy (non-hydrogen) atoms. The van der Waals surface area contributed by atoms with Crippen LogP contribution in [-0.4, -0.2) is 102 Å². The summed E-state index contributed by atoms with van der Waals surface area (Å²) in [5.41, 5.74) is 4.14. The Kier molecular flexibility index (Phi) is 16.9. The van der Waals surface area contributed by atoms with Crippen LogP contribution in [0.2, 0.25) is 36.3 Å². The van der Waals surface area contributed by atoms with Crippen molar-refractivity contribution in [2.24, 2.45) is 0 Å². The molecule has 0 bridgehead atoms. The first-order valence-electron chi connectivity index (χ1n) is 20.7. The lowest BCUT2D eigenvalue weighted by Gasteiger charge is -2.37. The van der Waals surface area contributed by atoms with Gasteiger partial charge in [0.15, 0.2) is 16.6 Å². The van der Waals surface area contributed by atoms with E-state index in [0.717, 1.165) is 47.5 Å². The Hall–Kier alpha value is -4.07. The van der Waals surface area contributed by atoms with Crippen molar-refractivity contribution in [3.05, 3.63) is 95.3 Å². The number of nitrogens with zero attached hydrogens (tertiary/aromatic N) is 8. The molecule has 0 atom stereocenters. The predicted octanol–water partition coefficient (Wildman–Crippen LogP) is 8.83. The normalized spacial score (nSPS) is 14.2. The number of piperazine rings is 1. The molecule has 5 aromatic rings. The molecule has 1 saturated heterocycles. The summed E-state index contributed by atoms with van der Waals surface area (Å²) in [5.74, 6) is 1.38. The largest absolute Gasteiger partial charge is 0.412 e. The average molecular weight is 955 g/mol. The number of pyridine rings is 2. The van der Waals surface area contributed by atoms with Gasteiger partial charge in [-0.1, -0.05) is 71.9 Å². The van der Waals surface area contributed by atoms with E-state index in [1.807, 2.05) is 47.4 Å². The quantitative estimate of drug-likeness (QED) is 0.0705. The van der Waals surface area contributed by atoms with Gasteiger partial charge in [0.2, 0.25) is 10.3 Å². The Balaban J connectivity index is 0.000000248. The maximum Gasteiger partial charge on any atom is 0.264 e. The molecule has 0 saturated carbocycles. The lowest BCUT2D eigenvalue weighted by molar-refractivity contribution is 0.0626. The molecule has 0 radical (unpaired) electrons. The van der Waals surface area contributed by atoms with Crippen molar-refractivity contribution in [3.8, 4) is 0 Å². The van der Waals surface area contributed by atoms with Gasteiger partial charge in [0, 0.05) is 66.9 Å². The van der Waals surface area contributed by atoms with Crippen LogP contribution >= 0.6 is 23.1 Å². The molecule has 342 valence electrons. The third kappa shape index (κ3) is 15.0. The van der Waals surface area contributed by atoms with Gasteiger partial charge in [-0.15, -0.1) is 0 Å². The molecule has 21 heteroatoms. The zero-order chi connectivity index (χ0) is 46.1. The Labute approximate surface area is 383 Å². The highest BCUT2D eigenvalue weighted by atomic mass is 32.2. The van der Waals surface area contributed by atoms with E-state index in [1.165, 1.54) is 35.7 Å². The number of nitrogens with one attached hydrogen (secondary N) is 2. The van der Waals surface area contributed by atoms with E-state index < -0.39 is 26.8 Å². The highest BCUT2D eigenvalue weighted by molar-refractivity contribution is 7.85. The Bertz CT molecular complexity index is 2340. The smallest absolute Gasteiger partial charge is 0.264 e. The predicted molar refractivity (Wildman–Crippen MR) is 256 cm³/mol. The fraction of sp³-hybridized carbons (Fsp3) is 0.500. The van der Waals surface area contributed by atoms with Crippen molar-refractivity contribution in [2.45, 2.75) is 104 Å². The summed E-state index contributed by atoms with van der Waals surface area (Å²) >= 11 is 2.50. The van der Waals surface area contributed by atoms with E-state index in [4.69, 9.17) is 18.0 Å².